The smallest absolute Gasteiger partial charge is 0.164 e. The van der Waals surface area contributed by atoms with Gasteiger partial charge in [-0.2, -0.15) is 5.26 Å². The zero-order valence-electron chi connectivity index (χ0n) is 24.7. The van der Waals surface area contributed by atoms with Crippen molar-refractivity contribution in [1.82, 2.24) is 19.5 Å². The third-order valence-corrected chi connectivity index (χ3v) is 8.92. The number of para-hydroxylation sites is 1. The minimum Gasteiger partial charge on any atom is -0.309 e. The molecule has 0 amide bonds. The van der Waals surface area contributed by atoms with E-state index in [1.165, 1.54) is 38.5 Å². The maximum absolute atomic E-state index is 9.33. The first-order chi connectivity index (χ1) is 22.7. The summed E-state index contributed by atoms with van der Waals surface area (Å²) in [6.07, 6.45) is 0.903. The van der Waals surface area contributed by atoms with Crippen LogP contribution in [-0.4, -0.2) is 19.5 Å². The maximum Gasteiger partial charge on any atom is 0.164 e. The predicted molar refractivity (Wildman–Crippen MR) is 183 cm³/mol. The highest BCUT2D eigenvalue weighted by Crippen LogP contribution is 2.44. The minimum absolute atomic E-state index is 0.561. The number of hydrogen-bond donors (Lipinski definition) is 0. The van der Waals surface area contributed by atoms with Gasteiger partial charge in [-0.05, 0) is 64.7 Å². The van der Waals surface area contributed by atoms with Crippen LogP contribution in [-0.2, 0) is 6.42 Å². The van der Waals surface area contributed by atoms with Gasteiger partial charge in [0.1, 0.15) is 0 Å². The van der Waals surface area contributed by atoms with Gasteiger partial charge in [0.05, 0.1) is 22.7 Å². The van der Waals surface area contributed by atoms with Gasteiger partial charge in [-0.1, -0.05) is 97.1 Å². The molecule has 2 aromatic heterocycles. The van der Waals surface area contributed by atoms with E-state index in [9.17, 15) is 5.26 Å². The molecule has 0 aliphatic heterocycles. The summed E-state index contributed by atoms with van der Waals surface area (Å²) in [6.45, 7) is 0. The number of aromatic nitrogens is 4. The average molecular weight is 588 g/mol. The number of benzene rings is 6. The van der Waals surface area contributed by atoms with Gasteiger partial charge in [0.25, 0.3) is 0 Å². The summed E-state index contributed by atoms with van der Waals surface area (Å²) in [5.74, 6) is 1.75. The summed E-state index contributed by atoms with van der Waals surface area (Å²) < 4.78 is 2.40. The first-order valence-corrected chi connectivity index (χ1v) is 15.3. The van der Waals surface area contributed by atoms with Crippen LogP contribution >= 0.6 is 0 Å². The van der Waals surface area contributed by atoms with Gasteiger partial charge in [0, 0.05) is 39.6 Å². The molecule has 1 aliphatic rings. The van der Waals surface area contributed by atoms with Crippen molar-refractivity contribution in [3.05, 3.63) is 156 Å². The van der Waals surface area contributed by atoms with E-state index in [1.54, 1.807) is 12.1 Å². The predicted octanol–water partition coefficient (Wildman–Crippen LogP) is 9.41. The molecule has 0 saturated carbocycles. The highest BCUT2D eigenvalue weighted by molar-refractivity contribution is 6.12. The maximum atomic E-state index is 9.33. The normalized spacial score (nSPS) is 11.8. The van der Waals surface area contributed by atoms with Crippen molar-refractivity contribution in [2.24, 2.45) is 0 Å². The zero-order valence-corrected chi connectivity index (χ0v) is 24.7. The third-order valence-electron chi connectivity index (χ3n) is 8.92. The molecule has 0 atom stereocenters. The molecule has 46 heavy (non-hydrogen) atoms. The molecule has 0 fully saturated rings. The lowest BCUT2D eigenvalue weighted by molar-refractivity contribution is 1.07. The molecule has 5 heteroatoms. The summed E-state index contributed by atoms with van der Waals surface area (Å²) in [4.78, 5) is 14.8. The molecule has 0 spiro atoms. The first kappa shape index (κ1) is 26.1. The minimum atomic E-state index is 0.561. The number of nitriles is 1. The monoisotopic (exact) mass is 587 g/mol. The lowest BCUT2D eigenvalue weighted by Crippen LogP contribution is -2.01. The second-order valence-electron chi connectivity index (χ2n) is 11.6. The largest absolute Gasteiger partial charge is 0.309 e. The molecule has 5 nitrogen and oxygen atoms in total. The summed E-state index contributed by atoms with van der Waals surface area (Å²) in [6, 6.07) is 50.0. The molecule has 0 unspecified atom stereocenters. The summed E-state index contributed by atoms with van der Waals surface area (Å²) >= 11 is 0. The molecule has 6 aromatic carbocycles. The quantitative estimate of drug-likeness (QED) is 0.206. The van der Waals surface area contributed by atoms with Crippen molar-refractivity contribution in [2.45, 2.75) is 6.42 Å². The molecule has 9 rings (SSSR count). The molecule has 0 radical (unpaired) electrons. The summed E-state index contributed by atoms with van der Waals surface area (Å²) in [5.41, 5.74) is 12.0. The van der Waals surface area contributed by atoms with E-state index in [4.69, 9.17) is 15.0 Å². The Bertz CT molecular complexity index is 2500. The molecular formula is C41H25N5. The number of nitrogens with zero attached hydrogens (tertiary/aromatic N) is 5. The van der Waals surface area contributed by atoms with E-state index in [0.717, 1.165) is 34.3 Å². The van der Waals surface area contributed by atoms with Gasteiger partial charge in [0.2, 0.25) is 0 Å². The van der Waals surface area contributed by atoms with Gasteiger partial charge in [-0.15, -0.1) is 0 Å². The van der Waals surface area contributed by atoms with Gasteiger partial charge in [-0.3, -0.25) is 0 Å². The molecule has 0 bridgehead atoms. The lowest BCUT2D eigenvalue weighted by atomic mass is 10.0. The SMILES string of the molecule is N#Cc1ccc(-c2nc(-c3ccccc3)nc(-c3cccc(-n4c5ccccc5c5ccc6c(c54)Cc4ccccc4-6)c3)n2)cc1. The lowest BCUT2D eigenvalue weighted by Gasteiger charge is -2.13. The topological polar surface area (TPSA) is 67.4 Å². The van der Waals surface area contributed by atoms with Crippen LogP contribution in [0.4, 0.5) is 0 Å². The van der Waals surface area contributed by atoms with E-state index < -0.39 is 0 Å². The number of fused-ring (bicyclic) bond motifs is 7. The Kier molecular flexibility index (Phi) is 5.87. The fourth-order valence-electron chi connectivity index (χ4n) is 6.78. The average Bonchev–Trinajstić information content (AvgIpc) is 3.68. The molecule has 0 N–H and O–H groups in total. The van der Waals surface area contributed by atoms with E-state index in [0.29, 0.717) is 23.0 Å². The van der Waals surface area contributed by atoms with Gasteiger partial charge in [0.15, 0.2) is 17.5 Å². The Hall–Kier alpha value is -6.38. The van der Waals surface area contributed by atoms with E-state index in [-0.39, 0.29) is 0 Å². The van der Waals surface area contributed by atoms with Crippen molar-refractivity contribution in [1.29, 1.82) is 5.26 Å². The van der Waals surface area contributed by atoms with Crippen LogP contribution in [0.3, 0.4) is 0 Å². The van der Waals surface area contributed by atoms with Crippen molar-refractivity contribution in [2.75, 3.05) is 0 Å². The Labute approximate surface area is 265 Å². The summed E-state index contributed by atoms with van der Waals surface area (Å²) in [7, 11) is 0. The van der Waals surface area contributed by atoms with E-state index >= 15 is 0 Å². The molecular weight excluding hydrogens is 562 g/mol. The highest BCUT2D eigenvalue weighted by atomic mass is 15.0. The fourth-order valence-corrected chi connectivity index (χ4v) is 6.78. The van der Waals surface area contributed by atoms with Gasteiger partial charge < -0.3 is 4.57 Å². The fraction of sp³-hybridized carbons (Fsp3) is 0.0244. The first-order valence-electron chi connectivity index (χ1n) is 15.3. The van der Waals surface area contributed by atoms with Crippen LogP contribution in [0.5, 0.6) is 0 Å². The molecule has 8 aromatic rings. The Morgan fingerprint density at radius 2 is 1.22 bits per heavy atom. The van der Waals surface area contributed by atoms with Crippen LogP contribution in [0.1, 0.15) is 16.7 Å². The van der Waals surface area contributed by atoms with E-state index in [1.807, 2.05) is 42.5 Å². The Morgan fingerprint density at radius 1 is 0.543 bits per heavy atom. The number of rotatable bonds is 4. The van der Waals surface area contributed by atoms with Crippen molar-refractivity contribution < 1.29 is 0 Å². The van der Waals surface area contributed by atoms with Crippen LogP contribution in [0, 0.1) is 11.3 Å². The standard InChI is InChI=1S/C41H25N5/c42-25-26-17-19-28(20-18-26)40-43-39(27-9-2-1-3-10-27)44-41(45-40)30-12-8-13-31(23-30)46-37-16-7-6-15-34(37)35-22-21-33-32-14-5-4-11-29(32)24-36(33)38(35)46/h1-23H,24H2. The van der Waals surface area contributed by atoms with Crippen LogP contribution in [0.25, 0.3) is 72.8 Å². The molecule has 214 valence electrons. The zero-order chi connectivity index (χ0) is 30.6. The van der Waals surface area contributed by atoms with Crippen LogP contribution in [0.15, 0.2) is 140 Å². The Morgan fingerprint density at radius 3 is 2.02 bits per heavy atom. The van der Waals surface area contributed by atoms with Gasteiger partial charge >= 0.3 is 0 Å². The van der Waals surface area contributed by atoms with Crippen LogP contribution < -0.4 is 0 Å². The molecule has 0 saturated heterocycles. The van der Waals surface area contributed by atoms with Crippen molar-refractivity contribution >= 4 is 21.8 Å². The third kappa shape index (κ3) is 4.12. The van der Waals surface area contributed by atoms with Crippen molar-refractivity contribution in [3.63, 3.8) is 0 Å². The van der Waals surface area contributed by atoms with Gasteiger partial charge in [-0.25, -0.2) is 15.0 Å². The second kappa shape index (κ2) is 10.4. The molecule has 2 heterocycles. The highest BCUT2D eigenvalue weighted by Gasteiger charge is 2.24. The molecule has 1 aliphatic carbocycles. The van der Waals surface area contributed by atoms with E-state index in [2.05, 4.69) is 95.6 Å². The van der Waals surface area contributed by atoms with Crippen molar-refractivity contribution in [3.8, 4) is 57.0 Å². The second-order valence-corrected chi connectivity index (χ2v) is 11.6. The Balaban J connectivity index is 1.26. The number of hydrogen-bond acceptors (Lipinski definition) is 4. The summed E-state index contributed by atoms with van der Waals surface area (Å²) in [5, 5.41) is 11.8. The van der Waals surface area contributed by atoms with Crippen LogP contribution in [0.2, 0.25) is 0 Å².